The number of aliphatic hydroxyl groups excluding tert-OH is 1. The standard InChI is InChI=1S/C16H27NO2S/c1-4-17-13(3)14-7-8-16(19-5-2)15(11-14)12-20-10-6-9-18/h7-8,11,13,17-18H,4-6,9-10,12H2,1-3H3. The highest BCUT2D eigenvalue weighted by atomic mass is 32.2. The minimum atomic E-state index is 0.267. The van der Waals surface area contributed by atoms with Gasteiger partial charge in [-0.05, 0) is 50.3 Å². The third kappa shape index (κ3) is 5.73. The van der Waals surface area contributed by atoms with Gasteiger partial charge in [-0.2, -0.15) is 11.8 Å². The predicted octanol–water partition coefficient (Wildman–Crippen LogP) is 3.37. The fourth-order valence-corrected chi connectivity index (χ4v) is 2.97. The van der Waals surface area contributed by atoms with Crippen LogP contribution in [-0.2, 0) is 5.75 Å². The average molecular weight is 297 g/mol. The molecule has 1 rings (SSSR count). The Balaban J connectivity index is 2.76. The van der Waals surface area contributed by atoms with Crippen molar-refractivity contribution in [2.75, 3.05) is 25.5 Å². The quantitative estimate of drug-likeness (QED) is 0.650. The molecular formula is C16H27NO2S. The molecule has 0 saturated heterocycles. The SMILES string of the molecule is CCNC(C)c1ccc(OCC)c(CSCCCO)c1. The third-order valence-electron chi connectivity index (χ3n) is 3.10. The summed E-state index contributed by atoms with van der Waals surface area (Å²) in [5.74, 6) is 2.90. The maximum absolute atomic E-state index is 8.83. The van der Waals surface area contributed by atoms with Gasteiger partial charge >= 0.3 is 0 Å². The monoisotopic (exact) mass is 297 g/mol. The first-order chi connectivity index (χ1) is 9.72. The second kappa shape index (κ2) is 10.1. The van der Waals surface area contributed by atoms with E-state index in [1.54, 1.807) is 0 Å². The third-order valence-corrected chi connectivity index (χ3v) is 4.19. The molecule has 3 nitrogen and oxygen atoms in total. The van der Waals surface area contributed by atoms with Crippen molar-refractivity contribution in [1.29, 1.82) is 0 Å². The van der Waals surface area contributed by atoms with Gasteiger partial charge in [-0.3, -0.25) is 0 Å². The van der Waals surface area contributed by atoms with E-state index in [0.717, 1.165) is 30.2 Å². The number of rotatable bonds is 10. The number of thioether (sulfide) groups is 1. The minimum Gasteiger partial charge on any atom is -0.494 e. The first kappa shape index (κ1) is 17.3. The van der Waals surface area contributed by atoms with Crippen LogP contribution in [0.25, 0.3) is 0 Å². The molecule has 4 heteroatoms. The van der Waals surface area contributed by atoms with Gasteiger partial charge in [0.1, 0.15) is 5.75 Å². The lowest BCUT2D eigenvalue weighted by Crippen LogP contribution is -2.17. The lowest BCUT2D eigenvalue weighted by molar-refractivity contribution is 0.296. The molecule has 0 bridgehead atoms. The molecule has 20 heavy (non-hydrogen) atoms. The lowest BCUT2D eigenvalue weighted by atomic mass is 10.0. The van der Waals surface area contributed by atoms with E-state index in [1.807, 2.05) is 18.7 Å². The van der Waals surface area contributed by atoms with Crippen molar-refractivity contribution in [3.63, 3.8) is 0 Å². The molecule has 0 radical (unpaired) electrons. The van der Waals surface area contributed by atoms with Gasteiger partial charge in [-0.25, -0.2) is 0 Å². The Bertz CT molecular complexity index is 385. The molecule has 0 fully saturated rings. The van der Waals surface area contributed by atoms with Crippen molar-refractivity contribution >= 4 is 11.8 Å². The molecule has 2 N–H and O–H groups in total. The Morgan fingerprint density at radius 2 is 2.15 bits per heavy atom. The van der Waals surface area contributed by atoms with Crippen LogP contribution in [0.15, 0.2) is 18.2 Å². The Labute approximate surface area is 127 Å². The molecule has 114 valence electrons. The van der Waals surface area contributed by atoms with E-state index >= 15 is 0 Å². The first-order valence-electron chi connectivity index (χ1n) is 7.40. The molecule has 0 aliphatic carbocycles. The van der Waals surface area contributed by atoms with E-state index in [4.69, 9.17) is 9.84 Å². The predicted molar refractivity (Wildman–Crippen MR) is 87.6 cm³/mol. The molecule has 0 aromatic heterocycles. The maximum Gasteiger partial charge on any atom is 0.123 e. The van der Waals surface area contributed by atoms with Crippen LogP contribution in [0.5, 0.6) is 5.75 Å². The normalized spacial score (nSPS) is 12.4. The van der Waals surface area contributed by atoms with Crippen molar-refractivity contribution in [1.82, 2.24) is 5.32 Å². The zero-order valence-electron chi connectivity index (χ0n) is 12.8. The van der Waals surface area contributed by atoms with E-state index in [1.165, 1.54) is 11.1 Å². The van der Waals surface area contributed by atoms with E-state index < -0.39 is 0 Å². The van der Waals surface area contributed by atoms with E-state index in [0.29, 0.717) is 12.6 Å². The number of benzene rings is 1. The van der Waals surface area contributed by atoms with Crippen LogP contribution >= 0.6 is 11.8 Å². The summed E-state index contributed by atoms with van der Waals surface area (Å²) >= 11 is 1.84. The van der Waals surface area contributed by atoms with Gasteiger partial charge in [0.15, 0.2) is 0 Å². The van der Waals surface area contributed by atoms with Crippen molar-refractivity contribution in [3.8, 4) is 5.75 Å². The molecule has 1 aromatic rings. The molecule has 1 unspecified atom stereocenters. The van der Waals surface area contributed by atoms with Crippen molar-refractivity contribution in [2.45, 2.75) is 39.0 Å². The second-order valence-corrected chi connectivity index (χ2v) is 5.81. The molecule has 1 aromatic carbocycles. The molecular weight excluding hydrogens is 270 g/mol. The highest BCUT2D eigenvalue weighted by Gasteiger charge is 2.09. The van der Waals surface area contributed by atoms with E-state index in [-0.39, 0.29) is 6.61 Å². The molecule has 0 aliphatic rings. The number of ether oxygens (including phenoxy) is 1. The lowest BCUT2D eigenvalue weighted by Gasteiger charge is -2.16. The van der Waals surface area contributed by atoms with Gasteiger partial charge in [-0.15, -0.1) is 0 Å². The topological polar surface area (TPSA) is 41.5 Å². The summed E-state index contributed by atoms with van der Waals surface area (Å²) in [6.45, 7) is 8.24. The van der Waals surface area contributed by atoms with Gasteiger partial charge in [0, 0.05) is 24.0 Å². The number of hydrogen-bond donors (Lipinski definition) is 2. The summed E-state index contributed by atoms with van der Waals surface area (Å²) in [5.41, 5.74) is 2.55. The number of nitrogens with one attached hydrogen (secondary N) is 1. The van der Waals surface area contributed by atoms with E-state index in [2.05, 4.69) is 37.4 Å². The summed E-state index contributed by atoms with van der Waals surface area (Å²) < 4.78 is 5.71. The number of hydrogen-bond acceptors (Lipinski definition) is 4. The van der Waals surface area contributed by atoms with E-state index in [9.17, 15) is 0 Å². The highest BCUT2D eigenvalue weighted by Crippen LogP contribution is 2.27. The molecule has 0 spiro atoms. The van der Waals surface area contributed by atoms with Crippen LogP contribution < -0.4 is 10.1 Å². The Hall–Kier alpha value is -0.710. The van der Waals surface area contributed by atoms with Crippen molar-refractivity contribution in [2.24, 2.45) is 0 Å². The average Bonchev–Trinajstić information content (AvgIpc) is 2.45. The van der Waals surface area contributed by atoms with Gasteiger partial charge in [-0.1, -0.05) is 13.0 Å². The second-order valence-electron chi connectivity index (χ2n) is 4.71. The zero-order chi connectivity index (χ0) is 14.8. The molecule has 1 atom stereocenters. The smallest absolute Gasteiger partial charge is 0.123 e. The van der Waals surface area contributed by atoms with Crippen LogP contribution in [0.3, 0.4) is 0 Å². The first-order valence-corrected chi connectivity index (χ1v) is 8.56. The molecule has 0 heterocycles. The summed E-state index contributed by atoms with van der Waals surface area (Å²) in [4.78, 5) is 0. The van der Waals surface area contributed by atoms with Gasteiger partial charge in [0.05, 0.1) is 6.61 Å². The fourth-order valence-electron chi connectivity index (χ4n) is 2.05. The van der Waals surface area contributed by atoms with Gasteiger partial charge in [0.25, 0.3) is 0 Å². The van der Waals surface area contributed by atoms with Crippen LogP contribution in [0.4, 0.5) is 0 Å². The largest absolute Gasteiger partial charge is 0.494 e. The summed E-state index contributed by atoms with van der Waals surface area (Å²) in [5, 5.41) is 12.3. The van der Waals surface area contributed by atoms with Gasteiger partial charge in [0.2, 0.25) is 0 Å². The summed E-state index contributed by atoms with van der Waals surface area (Å²) in [6.07, 6.45) is 0.849. The molecule has 0 aliphatic heterocycles. The maximum atomic E-state index is 8.83. The minimum absolute atomic E-state index is 0.267. The van der Waals surface area contributed by atoms with Crippen LogP contribution in [-0.4, -0.2) is 30.6 Å². The van der Waals surface area contributed by atoms with Crippen LogP contribution in [0.2, 0.25) is 0 Å². The molecule has 0 amide bonds. The molecule has 0 saturated carbocycles. The van der Waals surface area contributed by atoms with Crippen molar-refractivity contribution < 1.29 is 9.84 Å². The Kier molecular flexibility index (Phi) is 8.74. The Morgan fingerprint density at radius 3 is 2.80 bits per heavy atom. The van der Waals surface area contributed by atoms with Crippen LogP contribution in [0, 0.1) is 0 Å². The summed E-state index contributed by atoms with van der Waals surface area (Å²) in [7, 11) is 0. The van der Waals surface area contributed by atoms with Crippen molar-refractivity contribution in [3.05, 3.63) is 29.3 Å². The summed E-state index contributed by atoms with van der Waals surface area (Å²) in [6, 6.07) is 6.82. The van der Waals surface area contributed by atoms with Crippen LogP contribution in [0.1, 0.15) is 44.4 Å². The fraction of sp³-hybridized carbons (Fsp3) is 0.625. The zero-order valence-corrected chi connectivity index (χ0v) is 13.6. The Morgan fingerprint density at radius 1 is 1.35 bits per heavy atom. The highest BCUT2D eigenvalue weighted by molar-refractivity contribution is 7.98. The number of aliphatic hydroxyl groups is 1. The van der Waals surface area contributed by atoms with Gasteiger partial charge < -0.3 is 15.2 Å².